The number of rotatable bonds is 17. The number of ether oxygens (including phenoxy) is 1. The first-order valence-electron chi connectivity index (χ1n) is 26.9. The van der Waals surface area contributed by atoms with Crippen molar-refractivity contribution in [2.75, 3.05) is 45.3 Å². The van der Waals surface area contributed by atoms with E-state index in [2.05, 4.69) is 53.2 Å². The smallest absolute Gasteiger partial charge is 0.207 e. The van der Waals surface area contributed by atoms with E-state index in [1.165, 1.54) is 68.5 Å². The molecule has 3 fully saturated rings. The summed E-state index contributed by atoms with van der Waals surface area (Å²) in [5.41, 5.74) is 15.4. The first-order chi connectivity index (χ1) is 36.6. The van der Waals surface area contributed by atoms with Gasteiger partial charge in [0, 0.05) is 72.3 Å². The lowest BCUT2D eigenvalue weighted by atomic mass is 9.79. The van der Waals surface area contributed by atoms with Crippen molar-refractivity contribution >= 4 is 40.4 Å². The average Bonchev–Trinajstić information content (AvgIpc) is 3.94. The number of hydrogen-bond acceptors (Lipinski definition) is 9. The highest BCUT2D eigenvalue weighted by Crippen LogP contribution is 2.52. The number of nitrogens with one attached hydrogen (secondary N) is 2. The van der Waals surface area contributed by atoms with Crippen LogP contribution in [0.25, 0.3) is 27.7 Å². The van der Waals surface area contributed by atoms with Crippen molar-refractivity contribution in [1.82, 2.24) is 25.3 Å². The molecule has 1 aromatic heterocycles. The third kappa shape index (κ3) is 12.6. The van der Waals surface area contributed by atoms with Gasteiger partial charge in [-0.1, -0.05) is 101 Å². The van der Waals surface area contributed by atoms with Gasteiger partial charge >= 0.3 is 0 Å². The van der Waals surface area contributed by atoms with Crippen LogP contribution in [0.4, 0.5) is 23.4 Å². The van der Waals surface area contributed by atoms with Gasteiger partial charge < -0.3 is 41.7 Å². The lowest BCUT2D eigenvalue weighted by Crippen LogP contribution is -2.43. The second kappa shape index (κ2) is 26.5. The topological polar surface area (TPSA) is 147 Å². The van der Waals surface area contributed by atoms with E-state index in [0.717, 1.165) is 73.2 Å². The molecule has 1 amide bonds. The Hall–Kier alpha value is -5.87. The van der Waals surface area contributed by atoms with Crippen LogP contribution in [0.2, 0.25) is 5.02 Å². The third-order valence-electron chi connectivity index (χ3n) is 16.3. The summed E-state index contributed by atoms with van der Waals surface area (Å²) in [4.78, 5) is 15.3. The number of aliphatic hydroxyl groups is 1. The molecular weight excluding hydrogens is 992 g/mol. The summed E-state index contributed by atoms with van der Waals surface area (Å²) in [5.74, 6) is -0.545. The molecule has 9 rings (SSSR count). The van der Waals surface area contributed by atoms with E-state index in [0.29, 0.717) is 66.1 Å². The predicted octanol–water partition coefficient (Wildman–Crippen LogP) is 12.1. The summed E-state index contributed by atoms with van der Waals surface area (Å²) in [6, 6.07) is 16.7. The highest BCUT2D eigenvalue weighted by atomic mass is 35.5. The number of benzene rings is 4. The fourth-order valence-corrected chi connectivity index (χ4v) is 12.6. The van der Waals surface area contributed by atoms with E-state index in [4.69, 9.17) is 27.2 Å². The molecule has 1 aliphatic heterocycles. The molecule has 3 atom stereocenters. The molecular formula is C60H77ClF4N8O3. The number of aromatic nitrogens is 2. The number of amides is 1. The van der Waals surface area contributed by atoms with Gasteiger partial charge in [-0.25, -0.2) is 17.6 Å². The number of nitrogens with zero attached hydrogens (tertiary/aromatic N) is 4. The average molecular weight is 1070 g/mol. The van der Waals surface area contributed by atoms with E-state index >= 15 is 13.2 Å². The van der Waals surface area contributed by atoms with Crippen LogP contribution in [0.3, 0.4) is 0 Å². The van der Waals surface area contributed by atoms with Crippen molar-refractivity contribution in [3.05, 3.63) is 142 Å². The molecule has 5 aromatic rings. The lowest BCUT2D eigenvalue weighted by Gasteiger charge is -2.40. The van der Waals surface area contributed by atoms with Crippen molar-refractivity contribution in [3.63, 3.8) is 0 Å². The Morgan fingerprint density at radius 1 is 0.974 bits per heavy atom. The first kappa shape index (κ1) is 57.8. The quantitative estimate of drug-likeness (QED) is 0.0349. The third-order valence-corrected chi connectivity index (χ3v) is 16.7. The Kier molecular flexibility index (Phi) is 20.1. The van der Waals surface area contributed by atoms with E-state index in [1.54, 1.807) is 13.1 Å². The first-order valence-corrected chi connectivity index (χ1v) is 27.3. The maximum Gasteiger partial charge on any atom is 0.207 e. The van der Waals surface area contributed by atoms with Gasteiger partial charge in [0.15, 0.2) is 23.2 Å². The Morgan fingerprint density at radius 2 is 1.68 bits per heavy atom. The Labute approximate surface area is 451 Å². The van der Waals surface area contributed by atoms with Crippen molar-refractivity contribution in [2.24, 2.45) is 24.4 Å². The SMILES string of the molecule is C=C(N)c1ccc(OCCO)c(F)c1-c1c(Cl)c(F)cc2c1[C@H](C)C(c1ccccc1)C2.C=C1CCN(c2nn(C)c3c(F)c(C4CCC(N(C)C(CCNC=O)CCC5CCCCC5)CC4)c(F)cc23)C(=C)N1.CN. The van der Waals surface area contributed by atoms with Gasteiger partial charge in [-0.05, 0) is 130 Å². The number of aliphatic hydroxyl groups excluding tert-OH is 1. The summed E-state index contributed by atoms with van der Waals surface area (Å²) in [6.07, 6.45) is 15.4. The molecule has 2 heterocycles. The number of halogens is 5. The van der Waals surface area contributed by atoms with Crippen LogP contribution in [-0.4, -0.2) is 78.7 Å². The van der Waals surface area contributed by atoms with Crippen molar-refractivity contribution in [2.45, 2.75) is 127 Å². The van der Waals surface area contributed by atoms with Crippen LogP contribution in [-0.2, 0) is 18.3 Å². The van der Waals surface area contributed by atoms with Crippen LogP contribution < -0.4 is 31.7 Å². The molecule has 4 aromatic carbocycles. The molecule has 0 bridgehead atoms. The molecule has 16 heteroatoms. The predicted molar refractivity (Wildman–Crippen MR) is 299 cm³/mol. The maximum atomic E-state index is 16.1. The van der Waals surface area contributed by atoms with Gasteiger partial charge in [0.25, 0.3) is 0 Å². The zero-order chi connectivity index (χ0) is 54.8. The summed E-state index contributed by atoms with van der Waals surface area (Å²) >= 11 is 6.48. The Balaban J connectivity index is 0.000000222. The van der Waals surface area contributed by atoms with Gasteiger partial charge in [0.05, 0.1) is 17.0 Å². The summed E-state index contributed by atoms with van der Waals surface area (Å²) in [6.45, 7) is 14.8. The van der Waals surface area contributed by atoms with E-state index in [9.17, 15) is 9.18 Å². The Bertz CT molecular complexity index is 2850. The minimum atomic E-state index is -0.715. The van der Waals surface area contributed by atoms with Gasteiger partial charge in [-0.15, -0.1) is 0 Å². The zero-order valence-electron chi connectivity index (χ0n) is 44.7. The monoisotopic (exact) mass is 1070 g/mol. The molecule has 7 N–H and O–H groups in total. The van der Waals surface area contributed by atoms with Crippen LogP contribution in [0.15, 0.2) is 85.9 Å². The normalized spacial score (nSPS) is 20.0. The van der Waals surface area contributed by atoms with Crippen LogP contribution in [0.5, 0.6) is 5.75 Å². The van der Waals surface area contributed by atoms with Gasteiger partial charge in [-0.3, -0.25) is 9.48 Å². The second-order valence-electron chi connectivity index (χ2n) is 20.8. The van der Waals surface area contributed by atoms with Crippen LogP contribution in [0, 0.1) is 29.2 Å². The fraction of sp³-hybridized carbons (Fsp3) is 0.467. The molecule has 2 saturated carbocycles. The molecule has 4 aliphatic rings. The van der Waals surface area contributed by atoms with Crippen molar-refractivity contribution in [1.29, 1.82) is 0 Å². The summed E-state index contributed by atoms with van der Waals surface area (Å²) in [7, 11) is 5.43. The molecule has 76 heavy (non-hydrogen) atoms. The molecule has 3 aliphatic carbocycles. The standard InChI is InChI=1S/C33H48F2N6O.C26H24ClF2NO2.CH5N/c1-22-17-19-41(23(2)37-22)33-28-20-29(34)30(31(35)32(28)40(4)38-33)25-11-14-26(15-12-25)39(3)27(16-18-36-21-42)13-10-24-8-6-5-7-9-24;1-14-19(16-6-4-3-5-7-16)12-17-13-20(28)25(27)24(22(14)17)23-18(15(2)30)8-9-21(26(23)29)32-11-10-31;1-2/h20-21,24-27,37H,1-2,5-19H2,3-4H3,(H,36,42);3-9,13-14,19,31H,2,10-12,30H2,1H3;2H2,1H3/t;14-,19?;/m.1./s1. The van der Waals surface area contributed by atoms with Gasteiger partial charge in [0.2, 0.25) is 6.41 Å². The zero-order valence-corrected chi connectivity index (χ0v) is 45.4. The number of hydrogen-bond donors (Lipinski definition) is 5. The molecule has 410 valence electrons. The maximum absolute atomic E-state index is 16.1. The van der Waals surface area contributed by atoms with Gasteiger partial charge in [-0.2, -0.15) is 5.10 Å². The highest BCUT2D eigenvalue weighted by molar-refractivity contribution is 6.34. The van der Waals surface area contributed by atoms with Gasteiger partial charge in [0.1, 0.15) is 29.6 Å². The van der Waals surface area contributed by atoms with E-state index in [1.807, 2.05) is 42.2 Å². The van der Waals surface area contributed by atoms with E-state index < -0.39 is 23.3 Å². The minimum Gasteiger partial charge on any atom is -0.488 e. The number of aryl methyl sites for hydroxylation is 1. The second-order valence-corrected chi connectivity index (χ2v) is 21.2. The number of carbonyl (C=O) groups excluding carboxylic acids is 1. The summed E-state index contributed by atoms with van der Waals surface area (Å²) in [5, 5.41) is 19.9. The fourth-order valence-electron chi connectivity index (χ4n) is 12.4. The Morgan fingerprint density at radius 3 is 2.34 bits per heavy atom. The van der Waals surface area contributed by atoms with Crippen LogP contribution >= 0.6 is 11.6 Å². The molecule has 0 spiro atoms. The van der Waals surface area contributed by atoms with E-state index in [-0.39, 0.29) is 64.1 Å². The number of carbonyl (C=O) groups is 1. The largest absolute Gasteiger partial charge is 0.488 e. The number of nitrogens with two attached hydrogens (primary N) is 2. The number of fused-ring (bicyclic) bond motifs is 2. The lowest BCUT2D eigenvalue weighted by molar-refractivity contribution is -0.109. The summed E-state index contributed by atoms with van der Waals surface area (Å²) < 4.78 is 69.5. The molecule has 1 saturated heterocycles. The highest BCUT2D eigenvalue weighted by Gasteiger charge is 2.38. The van der Waals surface area contributed by atoms with Crippen LogP contribution in [0.1, 0.15) is 136 Å². The molecule has 2 unspecified atom stereocenters. The van der Waals surface area contributed by atoms with Crippen molar-refractivity contribution in [3.8, 4) is 16.9 Å². The minimum absolute atomic E-state index is 0.0409. The van der Waals surface area contributed by atoms with Crippen molar-refractivity contribution < 1.29 is 32.2 Å². The molecule has 0 radical (unpaired) electrons. The number of anilines is 1. The molecule has 11 nitrogen and oxygen atoms in total.